The van der Waals surface area contributed by atoms with Crippen LogP contribution in [-0.2, 0) is 10.9 Å². The number of alkyl halides is 3. The molecule has 1 unspecified atom stereocenters. The molecule has 0 aliphatic carbocycles. The fraction of sp³-hybridized carbons (Fsp3) is 0.412. The van der Waals surface area contributed by atoms with E-state index in [0.717, 1.165) is 12.8 Å². The van der Waals surface area contributed by atoms with Crippen LogP contribution >= 0.6 is 0 Å². The molecule has 1 saturated heterocycles. The molecule has 8 heteroatoms. The molecule has 25 heavy (non-hydrogen) atoms. The summed E-state index contributed by atoms with van der Waals surface area (Å²) in [4.78, 5) is 4.14. The molecule has 1 aliphatic rings. The van der Waals surface area contributed by atoms with E-state index < -0.39 is 18.1 Å². The molecule has 2 N–H and O–H groups in total. The number of allylic oxidation sites excluding steroid dienone is 1. The number of nitrogens with two attached hydrogens (primary N) is 1. The summed E-state index contributed by atoms with van der Waals surface area (Å²) in [5.41, 5.74) is 6.01. The average Bonchev–Trinajstić information content (AvgIpc) is 3.03. The standard InChI is InChI=1S/C17H19F3N4O/c1-2-5-14-13(21)8-11(9-22-14)12-10-24(15-6-3-4-7-25-15)23-16(12)17(18,19)20/h2,5,8-10,15H,3-4,6-7,21H2,1H3/b5-2+. The molecular weight excluding hydrogens is 333 g/mol. The molecular formula is C17H19F3N4O. The maximum absolute atomic E-state index is 13.4. The van der Waals surface area contributed by atoms with Gasteiger partial charge in [0.15, 0.2) is 5.69 Å². The first-order valence-corrected chi connectivity index (χ1v) is 8.06. The number of pyridine rings is 1. The zero-order valence-electron chi connectivity index (χ0n) is 13.8. The van der Waals surface area contributed by atoms with Gasteiger partial charge in [-0.15, -0.1) is 0 Å². The molecule has 1 fully saturated rings. The zero-order chi connectivity index (χ0) is 18.0. The van der Waals surface area contributed by atoms with Crippen LogP contribution in [0, 0.1) is 0 Å². The minimum atomic E-state index is -4.58. The fourth-order valence-corrected chi connectivity index (χ4v) is 2.83. The lowest BCUT2D eigenvalue weighted by Gasteiger charge is -2.22. The van der Waals surface area contributed by atoms with Crippen LogP contribution in [0.2, 0.25) is 0 Å². The Labute approximate surface area is 143 Å². The number of hydrogen-bond acceptors (Lipinski definition) is 4. The molecule has 3 heterocycles. The van der Waals surface area contributed by atoms with Crippen LogP contribution in [0.1, 0.15) is 43.8 Å². The number of ether oxygens (including phenoxy) is 1. The number of rotatable bonds is 3. The summed E-state index contributed by atoms with van der Waals surface area (Å²) in [6.07, 6.45) is 3.59. The highest BCUT2D eigenvalue weighted by Gasteiger charge is 2.38. The Morgan fingerprint density at radius 1 is 1.36 bits per heavy atom. The molecule has 2 aromatic rings. The van der Waals surface area contributed by atoms with Gasteiger partial charge in [0.05, 0.1) is 11.4 Å². The molecule has 134 valence electrons. The van der Waals surface area contributed by atoms with Gasteiger partial charge in [-0.25, -0.2) is 4.68 Å². The second-order valence-corrected chi connectivity index (χ2v) is 5.89. The molecule has 0 saturated carbocycles. The van der Waals surface area contributed by atoms with Gasteiger partial charge in [-0.3, -0.25) is 4.98 Å². The molecule has 0 amide bonds. The predicted molar refractivity (Wildman–Crippen MR) is 88.4 cm³/mol. The number of nitrogens with zero attached hydrogens (tertiary/aromatic N) is 3. The van der Waals surface area contributed by atoms with Crippen molar-refractivity contribution >= 4 is 11.8 Å². The fourth-order valence-electron chi connectivity index (χ4n) is 2.83. The van der Waals surface area contributed by atoms with Crippen molar-refractivity contribution in [3.8, 4) is 11.1 Å². The monoisotopic (exact) mass is 352 g/mol. The molecule has 0 radical (unpaired) electrons. The van der Waals surface area contributed by atoms with Gasteiger partial charge >= 0.3 is 6.18 Å². The maximum atomic E-state index is 13.4. The van der Waals surface area contributed by atoms with Crippen molar-refractivity contribution in [3.63, 3.8) is 0 Å². The summed E-state index contributed by atoms with van der Waals surface area (Å²) in [6, 6.07) is 1.49. The van der Waals surface area contributed by atoms with Crippen LogP contribution in [-0.4, -0.2) is 21.4 Å². The smallest absolute Gasteiger partial charge is 0.397 e. The second-order valence-electron chi connectivity index (χ2n) is 5.89. The van der Waals surface area contributed by atoms with Crippen LogP contribution < -0.4 is 5.73 Å². The van der Waals surface area contributed by atoms with Gasteiger partial charge in [0.25, 0.3) is 0 Å². The number of anilines is 1. The number of nitrogen functional groups attached to an aromatic ring is 1. The van der Waals surface area contributed by atoms with Crippen LogP contribution in [0.25, 0.3) is 17.2 Å². The lowest BCUT2D eigenvalue weighted by Crippen LogP contribution is -2.19. The highest BCUT2D eigenvalue weighted by molar-refractivity contribution is 5.72. The summed E-state index contributed by atoms with van der Waals surface area (Å²) in [5.74, 6) is 0. The SMILES string of the molecule is C/C=C/c1ncc(-c2cn(C3CCCCO3)nc2C(F)(F)F)cc1N. The Hall–Kier alpha value is -2.35. The highest BCUT2D eigenvalue weighted by Crippen LogP contribution is 2.38. The van der Waals surface area contributed by atoms with E-state index in [1.54, 1.807) is 12.2 Å². The van der Waals surface area contributed by atoms with Crippen LogP contribution in [0.3, 0.4) is 0 Å². The molecule has 3 rings (SSSR count). The van der Waals surface area contributed by atoms with Gasteiger partial charge < -0.3 is 10.5 Å². The van der Waals surface area contributed by atoms with Crippen molar-refractivity contribution in [3.05, 3.63) is 35.9 Å². The average molecular weight is 352 g/mol. The first-order chi connectivity index (χ1) is 11.9. The van der Waals surface area contributed by atoms with E-state index in [9.17, 15) is 13.2 Å². The largest absolute Gasteiger partial charge is 0.435 e. The maximum Gasteiger partial charge on any atom is 0.435 e. The van der Waals surface area contributed by atoms with Crippen LogP contribution in [0.4, 0.5) is 18.9 Å². The van der Waals surface area contributed by atoms with E-state index in [0.29, 0.717) is 24.4 Å². The summed E-state index contributed by atoms with van der Waals surface area (Å²) in [7, 11) is 0. The molecule has 1 atom stereocenters. The van der Waals surface area contributed by atoms with E-state index in [4.69, 9.17) is 10.5 Å². The minimum absolute atomic E-state index is 0.0482. The highest BCUT2D eigenvalue weighted by atomic mass is 19.4. The first-order valence-electron chi connectivity index (χ1n) is 8.06. The van der Waals surface area contributed by atoms with Crippen LogP contribution in [0.5, 0.6) is 0 Å². The minimum Gasteiger partial charge on any atom is -0.397 e. The Kier molecular flexibility index (Phi) is 4.80. The van der Waals surface area contributed by atoms with E-state index >= 15 is 0 Å². The van der Waals surface area contributed by atoms with Gasteiger partial charge in [-0.1, -0.05) is 6.08 Å². The molecule has 5 nitrogen and oxygen atoms in total. The molecule has 0 spiro atoms. The van der Waals surface area contributed by atoms with Crippen LogP contribution in [0.15, 0.2) is 24.5 Å². The van der Waals surface area contributed by atoms with Crippen molar-refractivity contribution in [2.24, 2.45) is 0 Å². The van der Waals surface area contributed by atoms with Crippen molar-refractivity contribution in [1.29, 1.82) is 0 Å². The zero-order valence-corrected chi connectivity index (χ0v) is 13.8. The van der Waals surface area contributed by atoms with Gasteiger partial charge in [0, 0.05) is 30.1 Å². The molecule has 0 aromatic carbocycles. The summed E-state index contributed by atoms with van der Waals surface area (Å²) in [5, 5.41) is 3.75. The normalized spacial score (nSPS) is 18.8. The van der Waals surface area contributed by atoms with Gasteiger partial charge in [-0.05, 0) is 38.3 Å². The summed E-state index contributed by atoms with van der Waals surface area (Å²) < 4.78 is 47.1. The number of aromatic nitrogens is 3. The Morgan fingerprint density at radius 3 is 2.76 bits per heavy atom. The third kappa shape index (κ3) is 3.68. The molecule has 2 aromatic heterocycles. The second kappa shape index (κ2) is 6.87. The third-order valence-corrected chi connectivity index (χ3v) is 4.04. The Bertz CT molecular complexity index is 777. The lowest BCUT2D eigenvalue weighted by molar-refractivity contribution is -0.141. The summed E-state index contributed by atoms with van der Waals surface area (Å²) >= 11 is 0. The third-order valence-electron chi connectivity index (χ3n) is 4.04. The van der Waals surface area contributed by atoms with Crippen molar-refractivity contribution in [2.75, 3.05) is 12.3 Å². The van der Waals surface area contributed by atoms with Crippen molar-refractivity contribution in [1.82, 2.24) is 14.8 Å². The quantitative estimate of drug-likeness (QED) is 0.895. The van der Waals surface area contributed by atoms with Gasteiger partial charge in [-0.2, -0.15) is 18.3 Å². The molecule has 0 bridgehead atoms. The van der Waals surface area contributed by atoms with Crippen molar-refractivity contribution in [2.45, 2.75) is 38.6 Å². The van der Waals surface area contributed by atoms with E-state index in [2.05, 4.69) is 10.1 Å². The van der Waals surface area contributed by atoms with E-state index in [1.807, 2.05) is 6.92 Å². The lowest BCUT2D eigenvalue weighted by atomic mass is 10.1. The number of hydrogen-bond donors (Lipinski definition) is 1. The molecule has 1 aliphatic heterocycles. The Morgan fingerprint density at radius 2 is 2.16 bits per heavy atom. The topological polar surface area (TPSA) is 66.0 Å². The summed E-state index contributed by atoms with van der Waals surface area (Å²) in [6.45, 7) is 2.33. The predicted octanol–water partition coefficient (Wildman–Crippen LogP) is 4.28. The van der Waals surface area contributed by atoms with E-state index in [-0.39, 0.29) is 11.1 Å². The number of halogens is 3. The Balaban J connectivity index is 2.04. The first kappa shape index (κ1) is 17.5. The van der Waals surface area contributed by atoms with Gasteiger partial charge in [0.1, 0.15) is 6.23 Å². The van der Waals surface area contributed by atoms with Gasteiger partial charge in [0.2, 0.25) is 0 Å². The van der Waals surface area contributed by atoms with E-state index in [1.165, 1.54) is 23.1 Å². The van der Waals surface area contributed by atoms with Crippen molar-refractivity contribution < 1.29 is 17.9 Å².